The highest BCUT2D eigenvalue weighted by Crippen LogP contribution is 2.36. The number of hydrogen-bond acceptors (Lipinski definition) is 5. The van der Waals surface area contributed by atoms with Crippen molar-refractivity contribution in [3.8, 4) is 0 Å². The van der Waals surface area contributed by atoms with E-state index >= 15 is 0 Å². The summed E-state index contributed by atoms with van der Waals surface area (Å²) in [5, 5.41) is 7.96. The molecule has 1 unspecified atom stereocenters. The molecular weight excluding hydrogens is 316 g/mol. The summed E-state index contributed by atoms with van der Waals surface area (Å²) in [7, 11) is 6.38. The van der Waals surface area contributed by atoms with Crippen molar-refractivity contribution in [3.63, 3.8) is 0 Å². The number of likely N-dealkylation sites (tertiary alicyclic amines) is 1. The second-order valence-corrected chi connectivity index (χ2v) is 7.71. The molecule has 1 atom stereocenters. The summed E-state index contributed by atoms with van der Waals surface area (Å²) in [4.78, 5) is 9.87. The van der Waals surface area contributed by atoms with Gasteiger partial charge in [0.1, 0.15) is 5.82 Å². The average Bonchev–Trinajstić information content (AvgIpc) is 3.22. The van der Waals surface area contributed by atoms with Crippen LogP contribution in [0.1, 0.15) is 12.0 Å². The number of hydrogen-bond donors (Lipinski definition) is 1. The topological polar surface area (TPSA) is 31.4 Å². The van der Waals surface area contributed by atoms with Gasteiger partial charge in [0.05, 0.1) is 5.52 Å². The number of benzene rings is 1. The van der Waals surface area contributed by atoms with Crippen LogP contribution in [0, 0.1) is 0 Å². The molecule has 0 spiro atoms. The van der Waals surface area contributed by atoms with E-state index in [4.69, 9.17) is 4.98 Å². The van der Waals surface area contributed by atoms with E-state index in [-0.39, 0.29) is 0 Å². The summed E-state index contributed by atoms with van der Waals surface area (Å²) in [6.07, 6.45) is 1.21. The van der Waals surface area contributed by atoms with E-state index in [9.17, 15) is 0 Å². The normalized spacial score (nSPS) is 18.7. The molecule has 1 saturated heterocycles. The van der Waals surface area contributed by atoms with Crippen LogP contribution < -0.4 is 10.2 Å². The van der Waals surface area contributed by atoms with Gasteiger partial charge in [0.2, 0.25) is 0 Å². The van der Waals surface area contributed by atoms with Gasteiger partial charge in [-0.1, -0.05) is 12.1 Å². The van der Waals surface area contributed by atoms with Crippen LogP contribution in [0.4, 0.5) is 5.82 Å². The fraction of sp³-hybridized carbons (Fsp3) is 0.421. The third kappa shape index (κ3) is 2.66. The van der Waals surface area contributed by atoms with Gasteiger partial charge in [-0.25, -0.2) is 4.98 Å². The molecule has 3 aromatic rings. The molecule has 4 nitrogen and oxygen atoms in total. The maximum atomic E-state index is 5.07. The Morgan fingerprint density at radius 3 is 2.96 bits per heavy atom. The standard InChI is InChI=1S/C19H24N4S/c1-20-11-13-4-5-15-17(10-13)21-19(16-7-9-24-18(15)16)23(3)14-6-8-22(2)12-14/h4-5,7,9-10,14,20H,6,8,11-12H2,1-3H3. The Morgan fingerprint density at radius 2 is 2.21 bits per heavy atom. The van der Waals surface area contributed by atoms with Gasteiger partial charge >= 0.3 is 0 Å². The number of fused-ring (bicyclic) bond motifs is 3. The molecule has 3 heterocycles. The van der Waals surface area contributed by atoms with Crippen LogP contribution in [0.15, 0.2) is 29.6 Å². The first-order valence-corrected chi connectivity index (χ1v) is 9.41. The summed E-state index contributed by atoms with van der Waals surface area (Å²) in [6, 6.07) is 9.42. The first-order valence-electron chi connectivity index (χ1n) is 8.53. The lowest BCUT2D eigenvalue weighted by molar-refractivity contribution is 0.409. The van der Waals surface area contributed by atoms with Crippen molar-refractivity contribution < 1.29 is 0 Å². The lowest BCUT2D eigenvalue weighted by Crippen LogP contribution is -2.34. The fourth-order valence-corrected chi connectivity index (χ4v) is 4.64. The van der Waals surface area contributed by atoms with Gasteiger partial charge in [0.15, 0.2) is 0 Å². The number of nitrogens with zero attached hydrogens (tertiary/aromatic N) is 3. The molecule has 1 aromatic carbocycles. The van der Waals surface area contributed by atoms with Crippen LogP contribution in [-0.2, 0) is 6.54 Å². The van der Waals surface area contributed by atoms with Crippen molar-refractivity contribution in [2.75, 3.05) is 39.1 Å². The number of rotatable bonds is 4. The van der Waals surface area contributed by atoms with E-state index in [1.807, 2.05) is 18.4 Å². The minimum Gasteiger partial charge on any atom is -0.355 e. The summed E-state index contributed by atoms with van der Waals surface area (Å²) < 4.78 is 1.35. The average molecular weight is 340 g/mol. The van der Waals surface area contributed by atoms with Crippen LogP contribution >= 0.6 is 11.3 Å². The molecule has 1 aliphatic rings. The maximum absolute atomic E-state index is 5.07. The van der Waals surface area contributed by atoms with Crippen molar-refractivity contribution >= 4 is 38.1 Å². The van der Waals surface area contributed by atoms with Gasteiger partial charge < -0.3 is 15.1 Å². The molecule has 0 amide bonds. The number of anilines is 1. The molecule has 0 aliphatic carbocycles. The predicted molar refractivity (Wildman–Crippen MR) is 104 cm³/mol. The summed E-state index contributed by atoms with van der Waals surface area (Å²) in [5.41, 5.74) is 2.38. The SMILES string of the molecule is CNCc1ccc2c(c1)nc(N(C)C1CCN(C)C1)c1ccsc12. The Balaban J connectivity index is 1.84. The number of likely N-dealkylation sites (N-methyl/N-ethyl adjacent to an activating group) is 2. The number of thiophene rings is 1. The van der Waals surface area contributed by atoms with Crippen molar-refractivity contribution in [2.45, 2.75) is 19.0 Å². The summed E-state index contributed by atoms with van der Waals surface area (Å²) >= 11 is 1.82. The zero-order valence-corrected chi connectivity index (χ0v) is 15.4. The van der Waals surface area contributed by atoms with E-state index in [1.54, 1.807) is 0 Å². The zero-order valence-electron chi connectivity index (χ0n) is 14.5. The second-order valence-electron chi connectivity index (χ2n) is 6.80. The highest BCUT2D eigenvalue weighted by atomic mass is 32.1. The molecule has 5 heteroatoms. The molecule has 0 bridgehead atoms. The van der Waals surface area contributed by atoms with E-state index in [1.165, 1.54) is 34.0 Å². The molecule has 1 fully saturated rings. The highest BCUT2D eigenvalue weighted by molar-refractivity contribution is 7.18. The molecule has 2 aromatic heterocycles. The zero-order chi connectivity index (χ0) is 16.7. The van der Waals surface area contributed by atoms with E-state index < -0.39 is 0 Å². The molecule has 0 saturated carbocycles. The largest absolute Gasteiger partial charge is 0.355 e. The number of pyridine rings is 1. The van der Waals surface area contributed by atoms with E-state index in [2.05, 4.69) is 58.9 Å². The number of aromatic nitrogens is 1. The van der Waals surface area contributed by atoms with Gasteiger partial charge in [-0.15, -0.1) is 11.3 Å². The Labute approximate surface area is 147 Å². The van der Waals surface area contributed by atoms with Crippen LogP contribution in [0.25, 0.3) is 21.0 Å². The lowest BCUT2D eigenvalue weighted by Gasteiger charge is -2.26. The molecule has 1 N–H and O–H groups in total. The fourth-order valence-electron chi connectivity index (χ4n) is 3.71. The van der Waals surface area contributed by atoms with Crippen LogP contribution in [0.3, 0.4) is 0 Å². The number of nitrogens with one attached hydrogen (secondary N) is 1. The van der Waals surface area contributed by atoms with E-state index in [0.29, 0.717) is 6.04 Å². The Kier molecular flexibility index (Phi) is 4.16. The van der Waals surface area contributed by atoms with E-state index in [0.717, 1.165) is 24.4 Å². The van der Waals surface area contributed by atoms with Gasteiger partial charge in [0.25, 0.3) is 0 Å². The minimum atomic E-state index is 0.545. The van der Waals surface area contributed by atoms with Gasteiger partial charge in [-0.3, -0.25) is 0 Å². The first-order chi connectivity index (χ1) is 11.7. The van der Waals surface area contributed by atoms with Crippen molar-refractivity contribution in [3.05, 3.63) is 35.2 Å². The molecule has 1 aliphatic heterocycles. The van der Waals surface area contributed by atoms with Gasteiger partial charge in [-0.2, -0.15) is 0 Å². The second kappa shape index (κ2) is 6.31. The smallest absolute Gasteiger partial charge is 0.138 e. The molecule has 4 rings (SSSR count). The lowest BCUT2D eigenvalue weighted by atomic mass is 10.1. The Hall–Kier alpha value is -1.69. The highest BCUT2D eigenvalue weighted by Gasteiger charge is 2.25. The first kappa shape index (κ1) is 15.8. The minimum absolute atomic E-state index is 0.545. The maximum Gasteiger partial charge on any atom is 0.138 e. The third-order valence-corrected chi connectivity index (χ3v) is 6.02. The van der Waals surface area contributed by atoms with Crippen molar-refractivity contribution in [1.82, 2.24) is 15.2 Å². The molecular formula is C19H24N4S. The Bertz CT molecular complexity index is 872. The monoisotopic (exact) mass is 340 g/mol. The molecule has 126 valence electrons. The predicted octanol–water partition coefficient (Wildman–Crippen LogP) is 3.31. The van der Waals surface area contributed by atoms with Gasteiger partial charge in [0, 0.05) is 41.7 Å². The quantitative estimate of drug-likeness (QED) is 0.789. The Morgan fingerprint density at radius 1 is 1.33 bits per heavy atom. The van der Waals surface area contributed by atoms with Crippen LogP contribution in [-0.4, -0.2) is 50.2 Å². The third-order valence-electron chi connectivity index (χ3n) is 5.07. The van der Waals surface area contributed by atoms with Gasteiger partial charge in [-0.05, 0) is 50.1 Å². The molecule has 24 heavy (non-hydrogen) atoms. The van der Waals surface area contributed by atoms with Crippen LogP contribution in [0.5, 0.6) is 0 Å². The van der Waals surface area contributed by atoms with Crippen LogP contribution in [0.2, 0.25) is 0 Å². The van der Waals surface area contributed by atoms with Crippen molar-refractivity contribution in [2.24, 2.45) is 0 Å². The summed E-state index contributed by atoms with van der Waals surface area (Å²) in [5.74, 6) is 1.13. The van der Waals surface area contributed by atoms with Crippen molar-refractivity contribution in [1.29, 1.82) is 0 Å². The summed E-state index contributed by atoms with van der Waals surface area (Å²) in [6.45, 7) is 3.15. The molecule has 0 radical (unpaired) electrons.